The van der Waals surface area contributed by atoms with Crippen molar-refractivity contribution in [2.75, 3.05) is 6.54 Å². The monoisotopic (exact) mass is 468 g/mol. The van der Waals surface area contributed by atoms with Crippen LogP contribution in [-0.4, -0.2) is 55.9 Å². The highest BCUT2D eigenvalue weighted by atomic mass is 19.1. The maximum Gasteiger partial charge on any atom is 0.243 e. The van der Waals surface area contributed by atoms with Crippen LogP contribution in [0.1, 0.15) is 54.7 Å². The molecule has 1 unspecified atom stereocenters. The van der Waals surface area contributed by atoms with E-state index in [1.54, 1.807) is 24.3 Å². The van der Waals surface area contributed by atoms with Crippen molar-refractivity contribution < 1.29 is 18.4 Å². The topological polar surface area (TPSA) is 104 Å². The quantitative estimate of drug-likeness (QED) is 0.555. The number of nitrogens with one attached hydrogen (secondary N) is 2. The molecule has 2 aromatic heterocycles. The number of nitrogens with zero attached hydrogens (tertiary/aromatic N) is 4. The van der Waals surface area contributed by atoms with Gasteiger partial charge in [0.1, 0.15) is 18.0 Å². The lowest BCUT2D eigenvalue weighted by Gasteiger charge is -2.26. The van der Waals surface area contributed by atoms with Crippen molar-refractivity contribution in [2.24, 2.45) is 0 Å². The van der Waals surface area contributed by atoms with E-state index in [4.69, 9.17) is 0 Å². The first-order valence-electron chi connectivity index (χ1n) is 11.1. The molecule has 0 radical (unpaired) electrons. The summed E-state index contributed by atoms with van der Waals surface area (Å²) in [4.78, 5) is 31.7. The van der Waals surface area contributed by atoms with Gasteiger partial charge in [-0.2, -0.15) is 0 Å². The Kier molecular flexibility index (Phi) is 6.95. The van der Waals surface area contributed by atoms with Gasteiger partial charge in [-0.1, -0.05) is 49.4 Å². The Bertz CT molecular complexity index is 1140. The Balaban J connectivity index is 1.59. The molecule has 1 aliphatic rings. The van der Waals surface area contributed by atoms with Crippen LogP contribution in [0.15, 0.2) is 48.8 Å². The first-order valence-corrected chi connectivity index (χ1v) is 11.1. The predicted molar refractivity (Wildman–Crippen MR) is 120 cm³/mol. The second kappa shape index (κ2) is 10.1. The number of halogens is 2. The predicted octanol–water partition coefficient (Wildman–Crippen LogP) is 2.85. The molecule has 10 heteroatoms. The van der Waals surface area contributed by atoms with E-state index in [1.165, 1.54) is 23.4 Å². The summed E-state index contributed by atoms with van der Waals surface area (Å²) >= 11 is 0. The van der Waals surface area contributed by atoms with Crippen molar-refractivity contribution in [3.63, 3.8) is 0 Å². The maximum absolute atomic E-state index is 14.7. The molecule has 8 nitrogen and oxygen atoms in total. The van der Waals surface area contributed by atoms with Gasteiger partial charge in [0.2, 0.25) is 11.8 Å². The zero-order valence-electron chi connectivity index (χ0n) is 18.9. The molecule has 3 atom stereocenters. The highest BCUT2D eigenvalue weighted by Gasteiger charge is 2.40. The summed E-state index contributed by atoms with van der Waals surface area (Å²) in [5.41, 5.74) is 1.95. The minimum Gasteiger partial charge on any atom is -0.342 e. The SMILES string of the molecule is CC(C)c1cnc(C(NC(=O)[C@@H]2C[C@@H](F)CN2C(=O)Cc2cnn[nH]2)c2ccccc2)cc1F. The van der Waals surface area contributed by atoms with Crippen LogP contribution in [0.3, 0.4) is 0 Å². The normalized spacial score (nSPS) is 18.8. The van der Waals surface area contributed by atoms with Gasteiger partial charge in [0.15, 0.2) is 0 Å². The number of amides is 2. The lowest BCUT2D eigenvalue weighted by molar-refractivity contribution is -0.138. The van der Waals surface area contributed by atoms with E-state index in [2.05, 4.69) is 25.7 Å². The van der Waals surface area contributed by atoms with E-state index in [0.717, 1.165) is 0 Å². The number of rotatable bonds is 7. The van der Waals surface area contributed by atoms with Crippen LogP contribution in [0.5, 0.6) is 0 Å². The van der Waals surface area contributed by atoms with E-state index in [9.17, 15) is 18.4 Å². The van der Waals surface area contributed by atoms with E-state index < -0.39 is 35.9 Å². The smallest absolute Gasteiger partial charge is 0.243 e. The summed E-state index contributed by atoms with van der Waals surface area (Å²) < 4.78 is 29.1. The largest absolute Gasteiger partial charge is 0.342 e. The minimum atomic E-state index is -1.32. The Morgan fingerprint density at radius 2 is 2.00 bits per heavy atom. The van der Waals surface area contributed by atoms with Gasteiger partial charge in [-0.3, -0.25) is 19.7 Å². The van der Waals surface area contributed by atoms with Crippen LogP contribution in [0.2, 0.25) is 0 Å². The van der Waals surface area contributed by atoms with Gasteiger partial charge >= 0.3 is 0 Å². The highest BCUT2D eigenvalue weighted by Crippen LogP contribution is 2.27. The number of benzene rings is 1. The summed E-state index contributed by atoms with van der Waals surface area (Å²) in [5, 5.41) is 12.7. The standard InChI is InChI=1S/C24H26F2N6O2/c1-14(2)18-12-27-20(10-19(18)26)23(15-6-4-3-5-7-15)29-24(34)21-8-16(25)13-32(21)22(33)9-17-11-28-31-30-17/h3-7,10-12,14,16,21,23H,8-9,13H2,1-2H3,(H,29,34)(H,28,30,31)/t16-,21+,23?/m1/s1. The lowest BCUT2D eigenvalue weighted by Crippen LogP contribution is -2.47. The second-order valence-corrected chi connectivity index (χ2v) is 8.69. The molecule has 34 heavy (non-hydrogen) atoms. The number of likely N-dealkylation sites (tertiary alicyclic amines) is 1. The molecule has 0 saturated carbocycles. The Hall–Kier alpha value is -3.69. The van der Waals surface area contributed by atoms with Crippen LogP contribution < -0.4 is 5.32 Å². The number of carbonyl (C=O) groups excluding carboxylic acids is 2. The number of carbonyl (C=O) groups is 2. The van der Waals surface area contributed by atoms with Crippen LogP contribution in [0.4, 0.5) is 8.78 Å². The van der Waals surface area contributed by atoms with Gasteiger partial charge < -0.3 is 10.2 Å². The number of hydrogen-bond donors (Lipinski definition) is 2. The first kappa shape index (κ1) is 23.5. The van der Waals surface area contributed by atoms with Crippen molar-refractivity contribution in [1.29, 1.82) is 0 Å². The molecule has 1 aliphatic heterocycles. The molecule has 2 N–H and O–H groups in total. The van der Waals surface area contributed by atoms with Crippen LogP contribution >= 0.6 is 0 Å². The highest BCUT2D eigenvalue weighted by molar-refractivity contribution is 5.89. The van der Waals surface area contributed by atoms with Gasteiger partial charge in [0.25, 0.3) is 0 Å². The van der Waals surface area contributed by atoms with Gasteiger partial charge in [-0.15, -0.1) is 5.10 Å². The molecule has 1 fully saturated rings. The third-order valence-electron chi connectivity index (χ3n) is 5.92. The van der Waals surface area contributed by atoms with Gasteiger partial charge in [-0.25, -0.2) is 8.78 Å². The lowest BCUT2D eigenvalue weighted by atomic mass is 9.99. The molecular weight excluding hydrogens is 442 g/mol. The molecule has 0 spiro atoms. The van der Waals surface area contributed by atoms with Crippen molar-refractivity contribution in [3.8, 4) is 0 Å². The van der Waals surface area contributed by atoms with Crippen molar-refractivity contribution in [2.45, 2.75) is 50.9 Å². The molecule has 2 amide bonds. The maximum atomic E-state index is 14.7. The molecule has 1 aromatic carbocycles. The van der Waals surface area contributed by atoms with Gasteiger partial charge in [-0.05, 0) is 17.5 Å². The average Bonchev–Trinajstić information content (AvgIpc) is 3.47. The number of hydrogen-bond acceptors (Lipinski definition) is 5. The fraction of sp³-hybridized carbons (Fsp3) is 0.375. The Labute approximate surface area is 195 Å². The number of pyridine rings is 1. The van der Waals surface area contributed by atoms with Gasteiger partial charge in [0.05, 0.1) is 36.6 Å². The number of H-pyrrole nitrogens is 1. The summed E-state index contributed by atoms with van der Waals surface area (Å²) in [7, 11) is 0. The molecule has 3 aromatic rings. The molecule has 1 saturated heterocycles. The molecular formula is C24H26F2N6O2. The number of aromatic nitrogens is 4. The molecule has 178 valence electrons. The Morgan fingerprint density at radius 3 is 2.65 bits per heavy atom. The molecule has 0 aliphatic carbocycles. The molecule has 0 bridgehead atoms. The van der Waals surface area contributed by atoms with Crippen LogP contribution in [0, 0.1) is 5.82 Å². The van der Waals surface area contributed by atoms with Crippen LogP contribution in [0.25, 0.3) is 0 Å². The van der Waals surface area contributed by atoms with E-state index in [0.29, 0.717) is 22.5 Å². The zero-order chi connectivity index (χ0) is 24.2. The summed E-state index contributed by atoms with van der Waals surface area (Å²) in [6.07, 6.45) is 1.36. The third-order valence-corrected chi connectivity index (χ3v) is 5.92. The summed E-state index contributed by atoms with van der Waals surface area (Å²) in [6, 6.07) is 8.57. The van der Waals surface area contributed by atoms with Crippen LogP contribution in [-0.2, 0) is 16.0 Å². The van der Waals surface area contributed by atoms with E-state index in [1.807, 2.05) is 19.9 Å². The minimum absolute atomic E-state index is 0.0454. The van der Waals surface area contributed by atoms with Crippen molar-refractivity contribution in [1.82, 2.24) is 30.6 Å². The second-order valence-electron chi connectivity index (χ2n) is 8.69. The molecule has 4 rings (SSSR count). The van der Waals surface area contributed by atoms with E-state index in [-0.39, 0.29) is 25.3 Å². The average molecular weight is 469 g/mol. The first-order chi connectivity index (χ1) is 16.3. The van der Waals surface area contributed by atoms with Gasteiger partial charge in [0, 0.05) is 18.2 Å². The number of aromatic amines is 1. The zero-order valence-corrected chi connectivity index (χ0v) is 18.9. The van der Waals surface area contributed by atoms with Crippen molar-refractivity contribution in [3.05, 3.63) is 77.1 Å². The number of alkyl halides is 1. The molecule has 3 heterocycles. The fourth-order valence-electron chi connectivity index (χ4n) is 4.13. The summed E-state index contributed by atoms with van der Waals surface area (Å²) in [5.74, 6) is -1.39. The fourth-order valence-corrected chi connectivity index (χ4v) is 4.13. The summed E-state index contributed by atoms with van der Waals surface area (Å²) in [6.45, 7) is 3.56. The van der Waals surface area contributed by atoms with Crippen molar-refractivity contribution >= 4 is 11.8 Å². The van der Waals surface area contributed by atoms with E-state index >= 15 is 0 Å². The third kappa shape index (κ3) is 5.11. The Morgan fingerprint density at radius 1 is 1.24 bits per heavy atom.